The molecule has 2 aromatic heterocycles. The van der Waals surface area contributed by atoms with Crippen LogP contribution >= 0.6 is 0 Å². The maximum atomic E-state index is 7.35. The Bertz CT molecular complexity index is 2730. The summed E-state index contributed by atoms with van der Waals surface area (Å²) in [6, 6.07) is 28.1. The number of benzene rings is 4. The van der Waals surface area contributed by atoms with Crippen LogP contribution in [0, 0.1) is 10.8 Å². The smallest absolute Gasteiger partial charge is 0.132 e. The number of nitrogens with zero attached hydrogens (tertiary/aromatic N) is 2. The average molecular weight is 796 g/mol. The van der Waals surface area contributed by atoms with Gasteiger partial charge in [0.2, 0.25) is 0 Å². The van der Waals surface area contributed by atoms with Crippen molar-refractivity contribution in [3.8, 4) is 34.0 Å². The predicted molar refractivity (Wildman–Crippen MR) is 263 cm³/mol. The Labute approximate surface area is 377 Å². The Balaban J connectivity index is 1.35. The Kier molecular flexibility index (Phi) is 9.09. The molecule has 4 aromatic carbocycles. The third-order valence-electron chi connectivity index (χ3n) is 17.6. The van der Waals surface area contributed by atoms with Gasteiger partial charge in [0.1, 0.15) is 64.0 Å². The fourth-order valence-electron chi connectivity index (χ4n) is 11.8. The normalized spacial score (nSPS) is 19.7. The van der Waals surface area contributed by atoms with Gasteiger partial charge in [0.05, 0.1) is 22.8 Å². The lowest BCUT2D eigenvalue weighted by molar-refractivity contribution is 0.125. The first-order chi connectivity index (χ1) is 28.8. The van der Waals surface area contributed by atoms with Crippen molar-refractivity contribution in [2.75, 3.05) is 0 Å². The lowest BCUT2D eigenvalue weighted by Crippen LogP contribution is -2.44. The van der Waals surface area contributed by atoms with Gasteiger partial charge in [-0.25, -0.2) is 0 Å². The van der Waals surface area contributed by atoms with E-state index in [1.807, 2.05) is 72.8 Å². The molecule has 3 heterocycles. The highest BCUT2D eigenvalue weighted by Crippen LogP contribution is 2.62. The lowest BCUT2D eigenvalue weighted by atomic mass is 9.58. The Morgan fingerprint density at radius 1 is 0.371 bits per heavy atom. The van der Waals surface area contributed by atoms with Crippen LogP contribution in [0.3, 0.4) is 0 Å². The molecular weight excluding hydrogens is 745 g/mol. The van der Waals surface area contributed by atoms with E-state index < -0.39 is 5.41 Å². The first-order valence-electron chi connectivity index (χ1n) is 21.7. The Hall–Kier alpha value is -4.63. The van der Waals surface area contributed by atoms with Crippen LogP contribution in [0.1, 0.15) is 128 Å². The van der Waals surface area contributed by atoms with Gasteiger partial charge in [-0.1, -0.05) is 164 Å². The molecule has 0 amide bonds. The summed E-state index contributed by atoms with van der Waals surface area (Å²) in [5, 5.41) is 0. The van der Waals surface area contributed by atoms with E-state index in [2.05, 4.69) is 95.2 Å². The second kappa shape index (κ2) is 13.2. The molecule has 0 atom stereocenters. The van der Waals surface area contributed by atoms with Gasteiger partial charge in [-0.2, -0.15) is 0 Å². The van der Waals surface area contributed by atoms with Crippen molar-refractivity contribution in [3.05, 3.63) is 130 Å². The van der Waals surface area contributed by atoms with E-state index in [0.717, 1.165) is 33.4 Å². The summed E-state index contributed by atoms with van der Waals surface area (Å²) in [7, 11) is 43.2. The van der Waals surface area contributed by atoms with Crippen molar-refractivity contribution < 1.29 is 4.74 Å². The van der Waals surface area contributed by atoms with Crippen LogP contribution in [0.25, 0.3) is 22.5 Å². The molecule has 0 saturated heterocycles. The molecule has 0 N–H and O–H groups in total. The minimum absolute atomic E-state index is 0.195. The van der Waals surface area contributed by atoms with Gasteiger partial charge in [0.15, 0.2) is 0 Å². The maximum absolute atomic E-state index is 7.35. The molecule has 0 unspecified atom stereocenters. The average Bonchev–Trinajstić information content (AvgIpc) is 3.41. The largest absolute Gasteiger partial charge is 0.457 e. The predicted octanol–water partition coefficient (Wildman–Crippen LogP) is 6.25. The van der Waals surface area contributed by atoms with Crippen LogP contribution in [-0.2, 0) is 27.1 Å². The third kappa shape index (κ3) is 4.98. The molecule has 0 saturated carbocycles. The topological polar surface area (TPSA) is 35.0 Å². The maximum Gasteiger partial charge on any atom is 0.132 e. The van der Waals surface area contributed by atoms with E-state index in [4.69, 9.17) is 61.8 Å². The number of aromatic nitrogens is 2. The molecule has 0 bridgehead atoms. The number of hydrogen-bond donors (Lipinski definition) is 0. The first-order valence-corrected chi connectivity index (χ1v) is 21.7. The van der Waals surface area contributed by atoms with Crippen LogP contribution in [0.5, 0.6) is 11.5 Å². The number of pyridine rings is 2. The molecule has 9 rings (SSSR count). The van der Waals surface area contributed by atoms with E-state index >= 15 is 0 Å². The van der Waals surface area contributed by atoms with Crippen LogP contribution in [0.15, 0.2) is 84.9 Å². The van der Waals surface area contributed by atoms with Gasteiger partial charge in [0, 0.05) is 11.1 Å². The van der Waals surface area contributed by atoms with Crippen molar-refractivity contribution in [3.63, 3.8) is 0 Å². The molecule has 3 nitrogen and oxygen atoms in total. The number of para-hydroxylation sites is 2. The molecule has 62 heavy (non-hydrogen) atoms. The minimum Gasteiger partial charge on any atom is -0.457 e. The van der Waals surface area contributed by atoms with Gasteiger partial charge in [-0.15, -0.1) is 0 Å². The molecule has 2 aliphatic carbocycles. The fraction of sp³-hybridized carbons (Fsp3) is 0.358. The number of hydrogen-bond acceptors (Lipinski definition) is 3. The van der Waals surface area contributed by atoms with Crippen molar-refractivity contribution >= 4 is 79.9 Å². The quantitative estimate of drug-likeness (QED) is 0.198. The van der Waals surface area contributed by atoms with Crippen molar-refractivity contribution in [2.24, 2.45) is 10.8 Å². The standard InChI is InChI=1S/C53H50B6N2O/c1-47(2)37-39(49(5,6)51(47,9)10)45(58)43(56)35(41(37)54)29-21-17-25-33(60-29)53(27-19-13-15-23-31(27)62-32-24-16-14-20-28(32)53)34-26-18-22-30(61-34)36-42(55)38-40(46(59)44(36)57)50(7,8)52(11,12)48(38,3)4/h13-26H,1-12H3. The Morgan fingerprint density at radius 2 is 0.694 bits per heavy atom. The Morgan fingerprint density at radius 3 is 1.05 bits per heavy atom. The van der Waals surface area contributed by atoms with Crippen LogP contribution in [0.4, 0.5) is 0 Å². The molecular formula is C53H50B6N2O. The van der Waals surface area contributed by atoms with Crippen LogP contribution < -0.4 is 37.5 Å². The van der Waals surface area contributed by atoms with E-state index in [1.54, 1.807) is 0 Å². The van der Waals surface area contributed by atoms with Gasteiger partial charge in [-0.05, 0) is 102 Å². The fourth-order valence-corrected chi connectivity index (χ4v) is 11.8. The summed E-state index contributed by atoms with van der Waals surface area (Å²) >= 11 is 0. The second-order valence-corrected chi connectivity index (χ2v) is 21.1. The van der Waals surface area contributed by atoms with Gasteiger partial charge in [0.25, 0.3) is 0 Å². The molecule has 296 valence electrons. The van der Waals surface area contributed by atoms with Crippen LogP contribution in [-0.4, -0.2) is 57.0 Å². The monoisotopic (exact) mass is 796 g/mol. The van der Waals surface area contributed by atoms with Crippen molar-refractivity contribution in [1.29, 1.82) is 0 Å². The van der Waals surface area contributed by atoms with Gasteiger partial charge < -0.3 is 4.74 Å². The molecule has 0 spiro atoms. The van der Waals surface area contributed by atoms with Gasteiger partial charge >= 0.3 is 0 Å². The first kappa shape index (κ1) is 42.7. The summed E-state index contributed by atoms with van der Waals surface area (Å²) in [5.74, 6) is 1.37. The molecule has 1 aliphatic heterocycles. The highest BCUT2D eigenvalue weighted by atomic mass is 16.5. The summed E-state index contributed by atoms with van der Waals surface area (Å²) in [5.41, 5.74) is 9.98. The van der Waals surface area contributed by atoms with Gasteiger partial charge in [-0.3, -0.25) is 9.97 Å². The number of fused-ring (bicyclic) bond motifs is 4. The summed E-state index contributed by atoms with van der Waals surface area (Å²) in [6.07, 6.45) is 0. The van der Waals surface area contributed by atoms with E-state index in [9.17, 15) is 0 Å². The molecule has 6 aromatic rings. The highest BCUT2D eigenvalue weighted by molar-refractivity contribution is 6.56. The lowest BCUT2D eigenvalue weighted by Gasteiger charge is -2.45. The van der Waals surface area contributed by atoms with Crippen molar-refractivity contribution in [2.45, 2.75) is 110 Å². The summed E-state index contributed by atoms with van der Waals surface area (Å²) in [6.45, 7) is 27.1. The van der Waals surface area contributed by atoms with E-state index in [1.165, 1.54) is 0 Å². The number of rotatable bonds is 4. The third-order valence-corrected chi connectivity index (χ3v) is 17.6. The molecule has 12 radical (unpaired) electrons. The zero-order valence-corrected chi connectivity index (χ0v) is 38.3. The minimum atomic E-state index is -1.11. The molecule has 9 heteroatoms. The van der Waals surface area contributed by atoms with Crippen LogP contribution in [0.2, 0.25) is 0 Å². The second-order valence-electron chi connectivity index (χ2n) is 21.1. The van der Waals surface area contributed by atoms with E-state index in [-0.39, 0.29) is 32.5 Å². The van der Waals surface area contributed by atoms with E-state index in [0.29, 0.717) is 78.2 Å². The summed E-state index contributed by atoms with van der Waals surface area (Å²) < 4.78 is 6.67. The SMILES string of the molecule is [B]c1c([B])c2c(c([B])c1-c1cccc(C3(c4cccc(-c5c([B])c([B])c6c(c5[B])C(C)(C)C(C)(C)C6(C)C)n4)c4ccccc4Oc4ccccc43)n1)C(C)(C)C(C)(C)C2(C)C. The van der Waals surface area contributed by atoms with Crippen molar-refractivity contribution in [1.82, 2.24) is 9.97 Å². The highest BCUT2D eigenvalue weighted by Gasteiger charge is 2.59. The molecule has 3 aliphatic rings. The zero-order valence-electron chi connectivity index (χ0n) is 38.3. The summed E-state index contributed by atoms with van der Waals surface area (Å²) in [4.78, 5) is 11.2. The zero-order chi connectivity index (χ0) is 45.1. The molecule has 0 fully saturated rings. The number of ether oxygens (including phenoxy) is 1.